The monoisotopic (exact) mass is 675 g/mol. The van der Waals surface area contributed by atoms with Crippen molar-refractivity contribution in [2.24, 2.45) is 7.05 Å². The van der Waals surface area contributed by atoms with E-state index in [0.29, 0.717) is 50.3 Å². The summed E-state index contributed by atoms with van der Waals surface area (Å²) in [5.74, 6) is -0.336. The lowest BCUT2D eigenvalue weighted by molar-refractivity contribution is -0.129. The molecular formula is C34H39F2N9O4. The summed E-state index contributed by atoms with van der Waals surface area (Å²) in [5.41, 5.74) is 4.99. The summed E-state index contributed by atoms with van der Waals surface area (Å²) in [4.78, 5) is 37.7. The molecule has 0 atom stereocenters. The van der Waals surface area contributed by atoms with E-state index in [4.69, 9.17) is 14.9 Å². The standard InChI is InChI=1S/C34H39F2N9O4/c1-21(46)43-11-7-29-28(20-43)32(44-8-3-4-22-14-26(24-18-39-41(2)19-24)27(31(35)36)15-30(22)44)40-45(29)25-5-9-42(10-6-25)12-13-49-34-37-16-23(17-38-34)33(47)48/h14-19,25,31H,3-13,20H2,1-2H3,(H,47,48). The van der Waals surface area contributed by atoms with Crippen molar-refractivity contribution in [2.75, 3.05) is 44.2 Å². The van der Waals surface area contributed by atoms with Crippen molar-refractivity contribution in [3.05, 3.63) is 64.9 Å². The molecule has 258 valence electrons. The van der Waals surface area contributed by atoms with Gasteiger partial charge in [-0.25, -0.2) is 23.5 Å². The molecule has 0 saturated carbocycles. The second kappa shape index (κ2) is 13.5. The van der Waals surface area contributed by atoms with Gasteiger partial charge in [-0.1, -0.05) is 0 Å². The summed E-state index contributed by atoms with van der Waals surface area (Å²) in [6.07, 6.45) is 7.21. The predicted molar refractivity (Wildman–Crippen MR) is 175 cm³/mol. The number of alkyl halides is 2. The maximum atomic E-state index is 14.6. The van der Waals surface area contributed by atoms with Crippen LogP contribution in [0.4, 0.5) is 20.3 Å². The number of likely N-dealkylation sites (tertiary alicyclic amines) is 1. The minimum absolute atomic E-state index is 0.00301. The normalized spacial score (nSPS) is 16.9. The number of hydrogen-bond donors (Lipinski definition) is 1. The van der Waals surface area contributed by atoms with Gasteiger partial charge in [0.15, 0.2) is 5.82 Å². The Morgan fingerprint density at radius 1 is 1.06 bits per heavy atom. The number of carboxylic acids is 1. The smallest absolute Gasteiger partial charge is 0.338 e. The zero-order valence-electron chi connectivity index (χ0n) is 27.6. The van der Waals surface area contributed by atoms with Gasteiger partial charge in [-0.05, 0) is 48.9 Å². The number of amides is 1. The third kappa shape index (κ3) is 6.58. The molecule has 15 heteroatoms. The molecule has 3 aromatic heterocycles. The highest BCUT2D eigenvalue weighted by molar-refractivity contribution is 5.86. The largest absolute Gasteiger partial charge is 0.478 e. The lowest BCUT2D eigenvalue weighted by atomic mass is 9.92. The first-order valence-electron chi connectivity index (χ1n) is 16.6. The molecule has 0 spiro atoms. The van der Waals surface area contributed by atoms with E-state index in [1.54, 1.807) is 37.1 Å². The number of carbonyl (C=O) groups excluding carboxylic acids is 1. The Bertz CT molecular complexity index is 1850. The number of rotatable bonds is 9. The van der Waals surface area contributed by atoms with Crippen molar-refractivity contribution in [1.82, 2.24) is 39.3 Å². The molecular weight excluding hydrogens is 636 g/mol. The molecule has 49 heavy (non-hydrogen) atoms. The topological polar surface area (TPSA) is 135 Å². The van der Waals surface area contributed by atoms with Crippen molar-refractivity contribution >= 4 is 23.4 Å². The quantitative estimate of drug-likeness (QED) is 0.272. The maximum Gasteiger partial charge on any atom is 0.338 e. The van der Waals surface area contributed by atoms with Gasteiger partial charge < -0.3 is 19.6 Å². The molecule has 1 amide bonds. The van der Waals surface area contributed by atoms with Crippen LogP contribution in [-0.2, 0) is 31.2 Å². The second-order valence-electron chi connectivity index (χ2n) is 12.9. The summed E-state index contributed by atoms with van der Waals surface area (Å²) < 4.78 is 38.6. The highest BCUT2D eigenvalue weighted by atomic mass is 19.3. The van der Waals surface area contributed by atoms with E-state index in [0.717, 1.165) is 67.1 Å². The third-order valence-electron chi connectivity index (χ3n) is 9.80. The predicted octanol–water partition coefficient (Wildman–Crippen LogP) is 4.41. The van der Waals surface area contributed by atoms with Gasteiger partial charge in [-0.3, -0.25) is 19.1 Å². The Balaban J connectivity index is 1.12. The van der Waals surface area contributed by atoms with Crippen molar-refractivity contribution in [1.29, 1.82) is 0 Å². The molecule has 0 unspecified atom stereocenters. The van der Waals surface area contributed by atoms with Gasteiger partial charge in [0.05, 0.1) is 24.3 Å². The number of hydrogen-bond acceptors (Lipinski definition) is 9. The van der Waals surface area contributed by atoms with Gasteiger partial charge in [-0.15, -0.1) is 0 Å². The highest BCUT2D eigenvalue weighted by Crippen LogP contribution is 2.43. The zero-order valence-corrected chi connectivity index (χ0v) is 27.6. The number of carboxylic acid groups (broad SMARTS) is 1. The molecule has 1 N–H and O–H groups in total. The van der Waals surface area contributed by atoms with Crippen LogP contribution in [-0.4, -0.2) is 95.6 Å². The number of carbonyl (C=O) groups is 2. The van der Waals surface area contributed by atoms with E-state index in [2.05, 4.69) is 29.5 Å². The molecule has 0 radical (unpaired) electrons. The SMILES string of the molecule is CC(=O)N1CCc2c(c(N3CCCc4cc(-c5cnn(C)c5)c(C(F)F)cc43)nn2C2CCN(CCOc3ncc(C(=O)O)cn3)CC2)C1. The number of aryl methyl sites for hydroxylation is 2. The third-order valence-corrected chi connectivity index (χ3v) is 9.80. The van der Waals surface area contributed by atoms with E-state index < -0.39 is 12.4 Å². The van der Waals surface area contributed by atoms with Gasteiger partial charge in [0.1, 0.15) is 6.61 Å². The van der Waals surface area contributed by atoms with Gasteiger partial charge >= 0.3 is 12.0 Å². The van der Waals surface area contributed by atoms with Gasteiger partial charge in [0.2, 0.25) is 5.91 Å². The molecule has 0 aliphatic carbocycles. The average Bonchev–Trinajstić information content (AvgIpc) is 3.71. The van der Waals surface area contributed by atoms with E-state index >= 15 is 0 Å². The van der Waals surface area contributed by atoms with E-state index in [9.17, 15) is 18.4 Å². The first-order chi connectivity index (χ1) is 23.7. The molecule has 1 saturated heterocycles. The summed E-state index contributed by atoms with van der Waals surface area (Å²) in [7, 11) is 1.77. The lowest BCUT2D eigenvalue weighted by Gasteiger charge is -2.34. The van der Waals surface area contributed by atoms with Crippen molar-refractivity contribution < 1.29 is 28.2 Å². The van der Waals surface area contributed by atoms with Crippen LogP contribution in [0, 0.1) is 0 Å². The van der Waals surface area contributed by atoms with E-state index in [1.807, 2.05) is 11.0 Å². The summed E-state index contributed by atoms with van der Waals surface area (Å²) in [6, 6.07) is 3.82. The Kier molecular flexibility index (Phi) is 9.01. The maximum absolute atomic E-state index is 14.6. The van der Waals surface area contributed by atoms with Gasteiger partial charge in [-0.2, -0.15) is 10.2 Å². The van der Waals surface area contributed by atoms with Crippen LogP contribution in [0.2, 0.25) is 0 Å². The fourth-order valence-electron chi connectivity index (χ4n) is 7.23. The molecule has 4 aromatic rings. The number of aromatic nitrogens is 6. The molecule has 6 heterocycles. The van der Waals surface area contributed by atoms with Crippen molar-refractivity contribution in [2.45, 2.75) is 58.0 Å². The average molecular weight is 676 g/mol. The summed E-state index contributed by atoms with van der Waals surface area (Å²) in [6.45, 7) is 5.98. The number of nitrogens with zero attached hydrogens (tertiary/aromatic N) is 9. The first-order valence-corrected chi connectivity index (χ1v) is 16.6. The van der Waals surface area contributed by atoms with Gasteiger partial charge in [0.25, 0.3) is 6.43 Å². The van der Waals surface area contributed by atoms with Crippen LogP contribution in [0.5, 0.6) is 6.01 Å². The fraction of sp³-hybridized carbons (Fsp3) is 0.471. The minimum Gasteiger partial charge on any atom is -0.478 e. The zero-order chi connectivity index (χ0) is 34.2. The molecule has 1 fully saturated rings. The number of halogens is 2. The Morgan fingerprint density at radius 3 is 2.51 bits per heavy atom. The number of fused-ring (bicyclic) bond motifs is 2. The molecule has 1 aromatic carbocycles. The number of ether oxygens (including phenoxy) is 1. The van der Waals surface area contributed by atoms with Crippen LogP contribution < -0.4 is 9.64 Å². The number of anilines is 2. The van der Waals surface area contributed by atoms with E-state index in [-0.39, 0.29) is 29.1 Å². The Hall–Kier alpha value is -4.92. The van der Waals surface area contributed by atoms with E-state index in [1.165, 1.54) is 12.4 Å². The van der Waals surface area contributed by atoms with Crippen LogP contribution >= 0.6 is 0 Å². The number of aromatic carboxylic acids is 1. The summed E-state index contributed by atoms with van der Waals surface area (Å²) >= 11 is 0. The number of benzene rings is 1. The first kappa shape index (κ1) is 32.6. The van der Waals surface area contributed by atoms with Gasteiger partial charge in [0, 0.05) is 99.8 Å². The fourth-order valence-corrected chi connectivity index (χ4v) is 7.23. The molecule has 7 rings (SSSR count). The second-order valence-corrected chi connectivity index (χ2v) is 12.9. The van der Waals surface area contributed by atoms with Crippen LogP contribution in [0.15, 0.2) is 36.9 Å². The highest BCUT2D eigenvalue weighted by Gasteiger charge is 2.34. The number of piperidine rings is 1. The Labute approximate surface area is 282 Å². The summed E-state index contributed by atoms with van der Waals surface area (Å²) in [5, 5.41) is 18.5. The van der Waals surface area contributed by atoms with Crippen LogP contribution in [0.3, 0.4) is 0 Å². The van der Waals surface area contributed by atoms with Crippen molar-refractivity contribution in [3.63, 3.8) is 0 Å². The Morgan fingerprint density at radius 2 is 1.84 bits per heavy atom. The van der Waals surface area contributed by atoms with Crippen LogP contribution in [0.25, 0.3) is 11.1 Å². The molecule has 3 aliphatic rings. The molecule has 13 nitrogen and oxygen atoms in total. The van der Waals surface area contributed by atoms with Crippen LogP contribution in [0.1, 0.15) is 71.4 Å². The minimum atomic E-state index is -2.66. The van der Waals surface area contributed by atoms with Crippen molar-refractivity contribution in [3.8, 4) is 17.1 Å². The lowest BCUT2D eigenvalue weighted by Crippen LogP contribution is -2.39. The molecule has 3 aliphatic heterocycles. The molecule has 0 bridgehead atoms.